The van der Waals surface area contributed by atoms with Crippen LogP contribution in [0.3, 0.4) is 0 Å². The van der Waals surface area contributed by atoms with Gasteiger partial charge in [0.15, 0.2) is 0 Å². The van der Waals surface area contributed by atoms with E-state index < -0.39 is 5.97 Å². The van der Waals surface area contributed by atoms with Crippen molar-refractivity contribution in [3.05, 3.63) is 52.0 Å². The summed E-state index contributed by atoms with van der Waals surface area (Å²) in [6, 6.07) is 5.39. The van der Waals surface area contributed by atoms with Crippen LogP contribution in [0.15, 0.2) is 22.6 Å². The van der Waals surface area contributed by atoms with Crippen molar-refractivity contribution in [3.8, 4) is 0 Å². The summed E-state index contributed by atoms with van der Waals surface area (Å²) in [5.41, 5.74) is 4.51. The Morgan fingerprint density at radius 2 is 1.74 bits per heavy atom. The summed E-state index contributed by atoms with van der Waals surface area (Å²) < 4.78 is 10.4. The lowest BCUT2D eigenvalue weighted by Crippen LogP contribution is -2.39. The van der Waals surface area contributed by atoms with Crippen molar-refractivity contribution in [1.29, 1.82) is 0 Å². The van der Waals surface area contributed by atoms with E-state index in [2.05, 4.69) is 17.4 Å². The Morgan fingerprint density at radius 1 is 1.15 bits per heavy atom. The molecular formula is C21H28N2O4. The molecule has 2 aromatic rings. The van der Waals surface area contributed by atoms with E-state index in [4.69, 9.17) is 9.15 Å². The molecule has 1 atom stereocenters. The molecule has 1 N–H and O–H groups in total. The first kappa shape index (κ1) is 20.7. The predicted octanol–water partition coefficient (Wildman–Crippen LogP) is 3.76. The molecule has 0 saturated carbocycles. The summed E-state index contributed by atoms with van der Waals surface area (Å²) in [5, 5.41) is 3.03. The number of anilines is 1. The molecule has 0 saturated heterocycles. The number of amides is 1. The van der Waals surface area contributed by atoms with Crippen LogP contribution in [0.2, 0.25) is 0 Å². The van der Waals surface area contributed by atoms with E-state index in [1.165, 1.54) is 12.7 Å². The molecule has 27 heavy (non-hydrogen) atoms. The van der Waals surface area contributed by atoms with Gasteiger partial charge in [0.05, 0.1) is 19.7 Å². The zero-order valence-corrected chi connectivity index (χ0v) is 17.1. The summed E-state index contributed by atoms with van der Waals surface area (Å²) in [6.45, 7) is 9.97. The summed E-state index contributed by atoms with van der Waals surface area (Å²) in [6.07, 6.45) is 0. The van der Waals surface area contributed by atoms with Gasteiger partial charge in [-0.15, -0.1) is 0 Å². The van der Waals surface area contributed by atoms with E-state index in [0.29, 0.717) is 23.6 Å². The second-order valence-corrected chi connectivity index (χ2v) is 7.03. The van der Waals surface area contributed by atoms with Gasteiger partial charge in [0.2, 0.25) is 5.91 Å². The van der Waals surface area contributed by atoms with Crippen LogP contribution >= 0.6 is 0 Å². The molecule has 146 valence electrons. The number of benzene rings is 1. The molecule has 0 aliphatic rings. The molecule has 2 rings (SSSR count). The number of carbonyl (C=O) groups excluding carboxylic acids is 2. The lowest BCUT2D eigenvalue weighted by molar-refractivity contribution is -0.120. The predicted molar refractivity (Wildman–Crippen MR) is 105 cm³/mol. The average Bonchev–Trinajstić information content (AvgIpc) is 2.96. The normalized spacial score (nSPS) is 12.1. The van der Waals surface area contributed by atoms with Gasteiger partial charge in [-0.05, 0) is 58.9 Å². The van der Waals surface area contributed by atoms with E-state index in [0.717, 1.165) is 16.8 Å². The van der Waals surface area contributed by atoms with Gasteiger partial charge in [-0.3, -0.25) is 9.69 Å². The van der Waals surface area contributed by atoms with Crippen LogP contribution in [-0.2, 0) is 16.1 Å². The maximum atomic E-state index is 12.7. The third-order valence-electron chi connectivity index (χ3n) is 4.75. The SMILES string of the molecule is COC(=O)c1cc(CN(C)C(C)C(=O)Nc2c(C)cc(C)cc2C)oc1C. The van der Waals surface area contributed by atoms with Gasteiger partial charge in [-0.1, -0.05) is 17.7 Å². The molecule has 1 amide bonds. The number of carbonyl (C=O) groups is 2. The lowest BCUT2D eigenvalue weighted by atomic mass is 10.0. The van der Waals surface area contributed by atoms with E-state index in [1.807, 2.05) is 39.6 Å². The number of likely N-dealkylation sites (N-methyl/N-ethyl adjacent to an activating group) is 1. The van der Waals surface area contributed by atoms with E-state index in [9.17, 15) is 9.59 Å². The molecule has 1 heterocycles. The van der Waals surface area contributed by atoms with Gasteiger partial charge < -0.3 is 14.5 Å². The Balaban J connectivity index is 2.08. The highest BCUT2D eigenvalue weighted by molar-refractivity contribution is 5.96. The molecule has 6 heteroatoms. The second kappa shape index (κ2) is 8.39. The Morgan fingerprint density at radius 3 is 2.30 bits per heavy atom. The van der Waals surface area contributed by atoms with Gasteiger partial charge in [0.25, 0.3) is 0 Å². The molecule has 1 aromatic heterocycles. The number of ether oxygens (including phenoxy) is 1. The van der Waals surface area contributed by atoms with Crippen molar-refractivity contribution in [2.24, 2.45) is 0 Å². The number of nitrogens with zero attached hydrogens (tertiary/aromatic N) is 1. The number of rotatable bonds is 6. The quantitative estimate of drug-likeness (QED) is 0.782. The number of aryl methyl sites for hydroxylation is 4. The minimum Gasteiger partial charge on any atom is -0.465 e. The maximum absolute atomic E-state index is 12.7. The number of furan rings is 1. The first-order chi connectivity index (χ1) is 12.6. The third kappa shape index (κ3) is 4.77. The zero-order chi connectivity index (χ0) is 20.3. The first-order valence-corrected chi connectivity index (χ1v) is 8.90. The topological polar surface area (TPSA) is 71.8 Å². The number of hydrogen-bond acceptors (Lipinski definition) is 5. The number of hydrogen-bond donors (Lipinski definition) is 1. The van der Waals surface area contributed by atoms with Gasteiger partial charge in [0.1, 0.15) is 17.1 Å². The van der Waals surface area contributed by atoms with Gasteiger partial charge >= 0.3 is 5.97 Å². The Bertz CT molecular complexity index is 831. The number of nitrogens with one attached hydrogen (secondary N) is 1. The molecule has 0 aliphatic carbocycles. The molecule has 0 radical (unpaired) electrons. The standard InChI is InChI=1S/C21H28N2O4/c1-12-8-13(2)19(14(3)9-12)22-20(24)15(4)23(6)11-17-10-18(16(5)27-17)21(25)26-7/h8-10,15H,11H2,1-7H3,(H,22,24). The van der Waals surface area contributed by atoms with Crippen molar-refractivity contribution in [2.75, 3.05) is 19.5 Å². The lowest BCUT2D eigenvalue weighted by Gasteiger charge is -2.24. The van der Waals surface area contributed by atoms with Crippen LogP contribution in [0, 0.1) is 27.7 Å². The molecule has 0 aliphatic heterocycles. The van der Waals surface area contributed by atoms with Gasteiger partial charge in [0, 0.05) is 5.69 Å². The van der Waals surface area contributed by atoms with Crippen molar-refractivity contribution in [2.45, 2.75) is 47.2 Å². The van der Waals surface area contributed by atoms with E-state index in [1.54, 1.807) is 13.0 Å². The molecule has 6 nitrogen and oxygen atoms in total. The summed E-state index contributed by atoms with van der Waals surface area (Å²) in [7, 11) is 3.18. The fraction of sp³-hybridized carbons (Fsp3) is 0.429. The largest absolute Gasteiger partial charge is 0.465 e. The average molecular weight is 372 g/mol. The van der Waals surface area contributed by atoms with E-state index in [-0.39, 0.29) is 11.9 Å². The second-order valence-electron chi connectivity index (χ2n) is 7.03. The van der Waals surface area contributed by atoms with Crippen molar-refractivity contribution in [3.63, 3.8) is 0 Å². The van der Waals surface area contributed by atoms with Crippen LogP contribution in [0.25, 0.3) is 0 Å². The molecule has 0 spiro atoms. The van der Waals surface area contributed by atoms with Crippen LogP contribution in [-0.4, -0.2) is 37.0 Å². The Labute approximate surface area is 160 Å². The molecule has 1 unspecified atom stereocenters. The zero-order valence-electron chi connectivity index (χ0n) is 17.1. The van der Waals surface area contributed by atoms with Gasteiger partial charge in [-0.2, -0.15) is 0 Å². The fourth-order valence-electron chi connectivity index (χ4n) is 3.12. The van der Waals surface area contributed by atoms with Crippen molar-refractivity contribution >= 4 is 17.6 Å². The van der Waals surface area contributed by atoms with Crippen LogP contribution in [0.1, 0.15) is 45.5 Å². The number of esters is 1. The minimum absolute atomic E-state index is 0.0935. The molecular weight excluding hydrogens is 344 g/mol. The number of methoxy groups -OCH3 is 1. The first-order valence-electron chi connectivity index (χ1n) is 8.90. The minimum atomic E-state index is -0.429. The van der Waals surface area contributed by atoms with Crippen molar-refractivity contribution in [1.82, 2.24) is 4.90 Å². The molecule has 1 aromatic carbocycles. The summed E-state index contributed by atoms with van der Waals surface area (Å²) in [4.78, 5) is 26.3. The van der Waals surface area contributed by atoms with Gasteiger partial charge in [-0.25, -0.2) is 4.79 Å². The van der Waals surface area contributed by atoms with Crippen molar-refractivity contribution < 1.29 is 18.7 Å². The highest BCUT2D eigenvalue weighted by atomic mass is 16.5. The smallest absolute Gasteiger partial charge is 0.341 e. The highest BCUT2D eigenvalue weighted by Crippen LogP contribution is 2.23. The van der Waals surface area contributed by atoms with Crippen LogP contribution < -0.4 is 5.32 Å². The monoisotopic (exact) mass is 372 g/mol. The van der Waals surface area contributed by atoms with Crippen LogP contribution in [0.5, 0.6) is 0 Å². The maximum Gasteiger partial charge on any atom is 0.341 e. The summed E-state index contributed by atoms with van der Waals surface area (Å²) >= 11 is 0. The van der Waals surface area contributed by atoms with E-state index >= 15 is 0 Å². The molecule has 0 bridgehead atoms. The highest BCUT2D eigenvalue weighted by Gasteiger charge is 2.22. The Hall–Kier alpha value is -2.60. The van der Waals surface area contributed by atoms with Crippen LogP contribution in [0.4, 0.5) is 5.69 Å². The fourth-order valence-corrected chi connectivity index (χ4v) is 3.12. The Kier molecular flexibility index (Phi) is 6.44. The molecule has 0 fully saturated rings. The third-order valence-corrected chi connectivity index (χ3v) is 4.75. The summed E-state index contributed by atoms with van der Waals surface area (Å²) in [5.74, 6) is 0.594.